The molecule has 2 aliphatic rings. The van der Waals surface area contributed by atoms with Crippen LogP contribution in [0.15, 0.2) is 4.99 Å². The summed E-state index contributed by atoms with van der Waals surface area (Å²) in [5, 5.41) is 6.48. The van der Waals surface area contributed by atoms with Crippen molar-refractivity contribution in [3.63, 3.8) is 0 Å². The molecule has 2 rings (SSSR count). The molecule has 0 atom stereocenters. The van der Waals surface area contributed by atoms with Crippen molar-refractivity contribution in [1.82, 2.24) is 19.8 Å². The van der Waals surface area contributed by atoms with Gasteiger partial charge < -0.3 is 15.5 Å². The first-order valence-corrected chi connectivity index (χ1v) is 11.8. The fraction of sp³-hybridized carbons (Fsp3) is 0.944. The normalized spacial score (nSPS) is 20.8. The van der Waals surface area contributed by atoms with E-state index in [2.05, 4.69) is 27.6 Å². The highest BCUT2D eigenvalue weighted by molar-refractivity contribution is 14.0. The third-order valence-corrected chi connectivity index (χ3v) is 7.57. The molecule has 0 aromatic heterocycles. The van der Waals surface area contributed by atoms with Crippen molar-refractivity contribution in [3.8, 4) is 0 Å². The van der Waals surface area contributed by atoms with Gasteiger partial charge in [-0.2, -0.15) is 17.5 Å². The van der Waals surface area contributed by atoms with E-state index >= 15 is 0 Å². The van der Waals surface area contributed by atoms with E-state index in [0.717, 1.165) is 13.1 Å². The number of hydrogen-bond acceptors (Lipinski definition) is 4. The molecule has 0 spiro atoms. The van der Waals surface area contributed by atoms with Crippen molar-refractivity contribution >= 4 is 40.0 Å². The topological polar surface area (TPSA) is 77.0 Å². The van der Waals surface area contributed by atoms with Crippen molar-refractivity contribution in [2.75, 3.05) is 46.8 Å². The van der Waals surface area contributed by atoms with Crippen molar-refractivity contribution < 1.29 is 21.6 Å². The number of nitrogens with one attached hydrogen (secondary N) is 2. The SMILES string of the molecule is CN=C(NCCN(C)C1CCCCC1)NCC1CCN(S(=O)(=O)C(F)(F)F)CC1.I. The van der Waals surface area contributed by atoms with Crippen LogP contribution in [0.5, 0.6) is 0 Å². The highest BCUT2D eigenvalue weighted by atomic mass is 127. The van der Waals surface area contributed by atoms with E-state index in [4.69, 9.17) is 0 Å². The molecule has 12 heteroatoms. The van der Waals surface area contributed by atoms with Gasteiger partial charge in [-0.1, -0.05) is 19.3 Å². The van der Waals surface area contributed by atoms with Gasteiger partial charge in [0, 0.05) is 45.8 Å². The van der Waals surface area contributed by atoms with E-state index < -0.39 is 15.5 Å². The van der Waals surface area contributed by atoms with Gasteiger partial charge in [-0.15, -0.1) is 24.0 Å². The fourth-order valence-electron chi connectivity index (χ4n) is 4.02. The molecule has 0 aromatic rings. The number of rotatable bonds is 7. The second-order valence-electron chi connectivity index (χ2n) is 7.95. The van der Waals surface area contributed by atoms with Crippen LogP contribution < -0.4 is 10.6 Å². The number of alkyl halides is 3. The first-order valence-electron chi connectivity index (χ1n) is 10.4. The third kappa shape index (κ3) is 7.97. The zero-order chi connectivity index (χ0) is 21.5. The molecular weight excluding hydrogens is 534 g/mol. The van der Waals surface area contributed by atoms with Crippen molar-refractivity contribution in [2.45, 2.75) is 56.5 Å². The molecule has 178 valence electrons. The zero-order valence-corrected chi connectivity index (χ0v) is 20.9. The van der Waals surface area contributed by atoms with E-state index in [0.29, 0.717) is 35.7 Å². The highest BCUT2D eigenvalue weighted by Gasteiger charge is 2.50. The van der Waals surface area contributed by atoms with Gasteiger partial charge in [0.1, 0.15) is 0 Å². The number of nitrogens with zero attached hydrogens (tertiary/aromatic N) is 3. The Bertz CT molecular complexity index is 634. The van der Waals surface area contributed by atoms with Crippen LogP contribution in [0.2, 0.25) is 0 Å². The largest absolute Gasteiger partial charge is 0.511 e. The first kappa shape index (κ1) is 27.7. The predicted molar refractivity (Wildman–Crippen MR) is 124 cm³/mol. The zero-order valence-electron chi connectivity index (χ0n) is 17.7. The molecule has 7 nitrogen and oxygen atoms in total. The minimum absolute atomic E-state index is 0. The third-order valence-electron chi connectivity index (χ3n) is 5.94. The van der Waals surface area contributed by atoms with Crippen LogP contribution in [-0.2, 0) is 10.0 Å². The molecule has 1 aliphatic carbocycles. The first-order chi connectivity index (χ1) is 13.6. The smallest absolute Gasteiger partial charge is 0.356 e. The van der Waals surface area contributed by atoms with Gasteiger partial charge in [-0.3, -0.25) is 4.99 Å². The lowest BCUT2D eigenvalue weighted by Gasteiger charge is -2.32. The summed E-state index contributed by atoms with van der Waals surface area (Å²) in [7, 11) is -1.39. The van der Waals surface area contributed by atoms with Gasteiger partial charge >= 0.3 is 15.5 Å². The van der Waals surface area contributed by atoms with Crippen LogP contribution in [0.1, 0.15) is 44.9 Å². The van der Waals surface area contributed by atoms with Crippen molar-refractivity contribution in [2.24, 2.45) is 10.9 Å². The lowest BCUT2D eigenvalue weighted by atomic mass is 9.94. The monoisotopic (exact) mass is 569 g/mol. The second kappa shape index (κ2) is 12.6. The summed E-state index contributed by atoms with van der Waals surface area (Å²) in [5.41, 5.74) is -5.23. The van der Waals surface area contributed by atoms with Crippen molar-refractivity contribution in [1.29, 1.82) is 0 Å². The van der Waals surface area contributed by atoms with E-state index in [1.165, 1.54) is 32.1 Å². The Kier molecular flexibility index (Phi) is 11.7. The van der Waals surface area contributed by atoms with Crippen LogP contribution in [0.4, 0.5) is 13.2 Å². The van der Waals surface area contributed by atoms with E-state index in [-0.39, 0.29) is 43.0 Å². The van der Waals surface area contributed by atoms with E-state index in [1.54, 1.807) is 7.05 Å². The standard InChI is InChI=1S/C18H34F3N5O2S.HI/c1-22-17(23-10-13-25(2)16-6-4-3-5-7-16)24-14-15-8-11-26(12-9-15)29(27,28)18(19,20)21;/h15-16H,3-14H2,1-2H3,(H2,22,23,24);1H. The molecule has 0 bridgehead atoms. The summed E-state index contributed by atoms with van der Waals surface area (Å²) in [6, 6.07) is 0.652. The fourth-order valence-corrected chi connectivity index (χ4v) is 5.00. The number of guanidine groups is 1. The minimum Gasteiger partial charge on any atom is -0.356 e. The molecule has 0 radical (unpaired) electrons. The van der Waals surface area contributed by atoms with Crippen LogP contribution >= 0.6 is 24.0 Å². The lowest BCUT2D eigenvalue weighted by Crippen LogP contribution is -2.48. The van der Waals surface area contributed by atoms with E-state index in [9.17, 15) is 21.6 Å². The van der Waals surface area contributed by atoms with Crippen LogP contribution in [-0.4, -0.2) is 82.0 Å². The molecule has 1 aliphatic heterocycles. The molecule has 30 heavy (non-hydrogen) atoms. The van der Waals surface area contributed by atoms with Crippen LogP contribution in [0.25, 0.3) is 0 Å². The Morgan fingerprint density at radius 3 is 2.23 bits per heavy atom. The Morgan fingerprint density at radius 1 is 1.10 bits per heavy atom. The van der Waals surface area contributed by atoms with Gasteiger partial charge in [0.2, 0.25) is 0 Å². The number of likely N-dealkylation sites (N-methyl/N-ethyl adjacent to an activating group) is 1. The molecule has 0 amide bonds. The Hall–Kier alpha value is -0.340. The molecule has 2 N–H and O–H groups in total. The van der Waals surface area contributed by atoms with Crippen molar-refractivity contribution in [3.05, 3.63) is 0 Å². The van der Waals surface area contributed by atoms with E-state index in [1.807, 2.05) is 0 Å². The quantitative estimate of drug-likeness (QED) is 0.280. The van der Waals surface area contributed by atoms with Crippen LogP contribution in [0.3, 0.4) is 0 Å². The highest BCUT2D eigenvalue weighted by Crippen LogP contribution is 2.30. The average Bonchev–Trinajstić information content (AvgIpc) is 2.70. The van der Waals surface area contributed by atoms with Gasteiger partial charge in [0.25, 0.3) is 0 Å². The molecule has 0 unspecified atom stereocenters. The Labute approximate surface area is 195 Å². The number of piperidine rings is 1. The summed E-state index contributed by atoms with van der Waals surface area (Å²) >= 11 is 0. The molecule has 1 heterocycles. The second-order valence-corrected chi connectivity index (χ2v) is 9.87. The number of hydrogen-bond donors (Lipinski definition) is 2. The number of halogens is 4. The summed E-state index contributed by atoms with van der Waals surface area (Å²) in [6.45, 7) is 2.02. The summed E-state index contributed by atoms with van der Waals surface area (Å²) < 4.78 is 61.4. The average molecular weight is 569 g/mol. The maximum absolute atomic E-state index is 12.6. The Balaban J connectivity index is 0.00000450. The Morgan fingerprint density at radius 2 is 1.70 bits per heavy atom. The molecule has 1 saturated heterocycles. The molecule has 0 aromatic carbocycles. The van der Waals surface area contributed by atoms with Gasteiger partial charge in [0.05, 0.1) is 0 Å². The van der Waals surface area contributed by atoms with Gasteiger partial charge in [0.15, 0.2) is 5.96 Å². The number of aliphatic imine (C=N–C) groups is 1. The summed E-state index contributed by atoms with van der Waals surface area (Å²) in [4.78, 5) is 6.57. The molecular formula is C18H35F3IN5O2S. The maximum Gasteiger partial charge on any atom is 0.511 e. The van der Waals surface area contributed by atoms with Gasteiger partial charge in [-0.05, 0) is 38.6 Å². The molecule has 1 saturated carbocycles. The van der Waals surface area contributed by atoms with Crippen LogP contribution in [0, 0.1) is 5.92 Å². The summed E-state index contributed by atoms with van der Waals surface area (Å²) in [6.07, 6.45) is 7.23. The minimum atomic E-state index is -5.23. The summed E-state index contributed by atoms with van der Waals surface area (Å²) in [5.74, 6) is 0.769. The molecule has 2 fully saturated rings. The lowest BCUT2D eigenvalue weighted by molar-refractivity contribution is -0.0496. The predicted octanol–water partition coefficient (Wildman–Crippen LogP) is 2.60. The number of sulfonamides is 1. The van der Waals surface area contributed by atoms with Gasteiger partial charge in [-0.25, -0.2) is 8.42 Å². The maximum atomic E-state index is 12.6.